The molecule has 0 aliphatic carbocycles. The molecule has 0 saturated carbocycles. The van der Waals surface area contributed by atoms with Gasteiger partial charge >= 0.3 is 0 Å². The van der Waals surface area contributed by atoms with E-state index in [1.54, 1.807) is 7.11 Å². The van der Waals surface area contributed by atoms with Gasteiger partial charge in [-0.3, -0.25) is 0 Å². The van der Waals surface area contributed by atoms with E-state index in [9.17, 15) is 0 Å². The molecule has 0 radical (unpaired) electrons. The minimum Gasteiger partial charge on any atom is -0.493 e. The van der Waals surface area contributed by atoms with Crippen LogP contribution >= 0.6 is 0 Å². The molecule has 2 aromatic rings. The zero-order chi connectivity index (χ0) is 12.1. The molecule has 0 fully saturated rings. The number of hydrogen-bond donors (Lipinski definition) is 0. The molecule has 0 saturated heterocycles. The van der Waals surface area contributed by atoms with Crippen LogP contribution in [0.25, 0.3) is 10.8 Å². The van der Waals surface area contributed by atoms with Crippen LogP contribution in [0.1, 0.15) is 6.42 Å². The van der Waals surface area contributed by atoms with E-state index >= 15 is 0 Å². The van der Waals surface area contributed by atoms with Crippen molar-refractivity contribution in [3.63, 3.8) is 0 Å². The SMILES string of the molecule is COCCCOc1ccc2c[n+](C)ccc2c1. The predicted octanol–water partition coefficient (Wildman–Crippen LogP) is 2.08. The van der Waals surface area contributed by atoms with Crippen LogP contribution in [-0.4, -0.2) is 20.3 Å². The van der Waals surface area contributed by atoms with Gasteiger partial charge in [0.05, 0.1) is 6.61 Å². The van der Waals surface area contributed by atoms with E-state index in [-0.39, 0.29) is 0 Å². The van der Waals surface area contributed by atoms with Crippen molar-refractivity contribution < 1.29 is 14.0 Å². The van der Waals surface area contributed by atoms with Gasteiger partial charge in [-0.1, -0.05) is 0 Å². The summed E-state index contributed by atoms with van der Waals surface area (Å²) in [6, 6.07) is 8.26. The first-order valence-electron chi connectivity index (χ1n) is 5.80. The van der Waals surface area contributed by atoms with Crippen LogP contribution in [0.5, 0.6) is 5.75 Å². The van der Waals surface area contributed by atoms with Gasteiger partial charge in [-0.2, -0.15) is 0 Å². The maximum atomic E-state index is 5.66. The molecule has 3 nitrogen and oxygen atoms in total. The fraction of sp³-hybridized carbons (Fsp3) is 0.357. The number of fused-ring (bicyclic) bond motifs is 1. The highest BCUT2D eigenvalue weighted by molar-refractivity contribution is 5.82. The van der Waals surface area contributed by atoms with E-state index < -0.39 is 0 Å². The first kappa shape index (κ1) is 11.9. The lowest BCUT2D eigenvalue weighted by Crippen LogP contribution is -2.25. The van der Waals surface area contributed by atoms with Crippen molar-refractivity contribution in [3.05, 3.63) is 36.7 Å². The number of benzene rings is 1. The minimum absolute atomic E-state index is 0.694. The molecule has 90 valence electrons. The van der Waals surface area contributed by atoms with E-state index in [4.69, 9.17) is 9.47 Å². The van der Waals surface area contributed by atoms with Crippen molar-refractivity contribution in [2.45, 2.75) is 6.42 Å². The van der Waals surface area contributed by atoms with Gasteiger partial charge in [0.2, 0.25) is 0 Å². The molecular weight excluding hydrogens is 214 g/mol. The number of aromatic nitrogens is 1. The van der Waals surface area contributed by atoms with Crippen molar-refractivity contribution >= 4 is 10.8 Å². The lowest BCUT2D eigenvalue weighted by Gasteiger charge is -2.06. The fourth-order valence-corrected chi connectivity index (χ4v) is 1.76. The fourth-order valence-electron chi connectivity index (χ4n) is 1.76. The highest BCUT2D eigenvalue weighted by Crippen LogP contribution is 2.19. The van der Waals surface area contributed by atoms with Crippen LogP contribution in [0.3, 0.4) is 0 Å². The third-order valence-corrected chi connectivity index (χ3v) is 2.65. The van der Waals surface area contributed by atoms with Crippen LogP contribution in [0.2, 0.25) is 0 Å². The Morgan fingerprint density at radius 1 is 1.12 bits per heavy atom. The number of rotatable bonds is 5. The standard InChI is InChI=1S/C14H18NO2/c1-15-7-6-12-10-14(5-4-13(12)11-15)17-9-3-8-16-2/h4-7,10-11H,3,8-9H2,1-2H3/q+1. The zero-order valence-corrected chi connectivity index (χ0v) is 10.3. The van der Waals surface area contributed by atoms with Crippen molar-refractivity contribution in [2.24, 2.45) is 7.05 Å². The summed E-state index contributed by atoms with van der Waals surface area (Å²) in [6.45, 7) is 1.43. The Hall–Kier alpha value is -1.61. The van der Waals surface area contributed by atoms with Gasteiger partial charge in [-0.25, -0.2) is 4.57 Å². The number of ether oxygens (including phenoxy) is 2. The van der Waals surface area contributed by atoms with Crippen molar-refractivity contribution in [2.75, 3.05) is 20.3 Å². The predicted molar refractivity (Wildman–Crippen MR) is 67.1 cm³/mol. The Labute approximate surface area is 102 Å². The molecule has 1 heterocycles. The Bertz CT molecular complexity index is 497. The van der Waals surface area contributed by atoms with Gasteiger partial charge in [0.15, 0.2) is 12.4 Å². The smallest absolute Gasteiger partial charge is 0.176 e. The van der Waals surface area contributed by atoms with Crippen LogP contribution in [0.4, 0.5) is 0 Å². The van der Waals surface area contributed by atoms with Gasteiger partial charge in [0, 0.05) is 31.6 Å². The van der Waals surface area contributed by atoms with Gasteiger partial charge in [0.1, 0.15) is 12.8 Å². The summed E-state index contributed by atoms with van der Waals surface area (Å²) in [7, 11) is 3.73. The lowest BCUT2D eigenvalue weighted by molar-refractivity contribution is -0.670. The Balaban J connectivity index is 2.07. The van der Waals surface area contributed by atoms with Gasteiger partial charge < -0.3 is 9.47 Å². The molecule has 1 aromatic heterocycles. The molecule has 0 spiro atoms. The number of pyridine rings is 1. The quantitative estimate of drug-likeness (QED) is 0.581. The summed E-state index contributed by atoms with van der Waals surface area (Å²) in [6.07, 6.45) is 5.05. The van der Waals surface area contributed by atoms with Crippen LogP contribution in [-0.2, 0) is 11.8 Å². The zero-order valence-electron chi connectivity index (χ0n) is 10.3. The molecule has 0 unspecified atom stereocenters. The molecular formula is C14H18NO2+. The lowest BCUT2D eigenvalue weighted by atomic mass is 10.2. The summed E-state index contributed by atoms with van der Waals surface area (Å²) < 4.78 is 12.7. The number of methoxy groups -OCH3 is 1. The van der Waals surface area contributed by atoms with E-state index in [2.05, 4.69) is 24.4 Å². The molecule has 0 amide bonds. The molecule has 0 aliphatic rings. The molecule has 0 atom stereocenters. The third kappa shape index (κ3) is 3.17. The van der Waals surface area contributed by atoms with Gasteiger partial charge in [-0.15, -0.1) is 0 Å². The average molecular weight is 232 g/mol. The summed E-state index contributed by atoms with van der Waals surface area (Å²) in [5, 5.41) is 2.42. The maximum absolute atomic E-state index is 5.66. The van der Waals surface area contributed by atoms with Crippen LogP contribution in [0.15, 0.2) is 36.7 Å². The Morgan fingerprint density at radius 3 is 2.82 bits per heavy atom. The van der Waals surface area contributed by atoms with E-state index in [0.29, 0.717) is 6.61 Å². The molecule has 0 N–H and O–H groups in total. The first-order chi connectivity index (χ1) is 8.29. The summed E-state index contributed by atoms with van der Waals surface area (Å²) in [5.41, 5.74) is 0. The van der Waals surface area contributed by atoms with Crippen molar-refractivity contribution in [1.29, 1.82) is 0 Å². The Kier molecular flexibility index (Phi) is 3.94. The molecule has 17 heavy (non-hydrogen) atoms. The second-order valence-electron chi connectivity index (χ2n) is 4.10. The number of aryl methyl sites for hydroxylation is 1. The van der Waals surface area contributed by atoms with Gasteiger partial charge in [-0.05, 0) is 23.6 Å². The maximum Gasteiger partial charge on any atom is 0.176 e. The minimum atomic E-state index is 0.694. The first-order valence-corrected chi connectivity index (χ1v) is 5.80. The highest BCUT2D eigenvalue weighted by Gasteiger charge is 2.01. The van der Waals surface area contributed by atoms with Crippen molar-refractivity contribution in [3.8, 4) is 5.75 Å². The highest BCUT2D eigenvalue weighted by atomic mass is 16.5. The molecule has 0 bridgehead atoms. The topological polar surface area (TPSA) is 22.3 Å². The third-order valence-electron chi connectivity index (χ3n) is 2.65. The summed E-state index contributed by atoms with van der Waals surface area (Å²) >= 11 is 0. The molecule has 0 aliphatic heterocycles. The van der Waals surface area contributed by atoms with Gasteiger partial charge in [0.25, 0.3) is 0 Å². The molecule has 1 aromatic carbocycles. The normalized spacial score (nSPS) is 10.7. The van der Waals surface area contributed by atoms with E-state index in [1.807, 2.05) is 23.9 Å². The monoisotopic (exact) mass is 232 g/mol. The number of hydrogen-bond acceptors (Lipinski definition) is 2. The second-order valence-corrected chi connectivity index (χ2v) is 4.10. The molecule has 3 heteroatoms. The molecule has 2 rings (SSSR count). The largest absolute Gasteiger partial charge is 0.493 e. The second kappa shape index (κ2) is 5.64. The van der Waals surface area contributed by atoms with E-state index in [0.717, 1.165) is 18.8 Å². The van der Waals surface area contributed by atoms with Crippen molar-refractivity contribution in [1.82, 2.24) is 0 Å². The summed E-state index contributed by atoms with van der Waals surface area (Å²) in [4.78, 5) is 0. The van der Waals surface area contributed by atoms with E-state index in [1.165, 1.54) is 10.8 Å². The average Bonchev–Trinajstić information content (AvgIpc) is 2.35. The van der Waals surface area contributed by atoms with Crippen LogP contribution in [0, 0.1) is 0 Å². The Morgan fingerprint density at radius 2 is 2.00 bits per heavy atom. The number of nitrogens with zero attached hydrogens (tertiary/aromatic N) is 1. The van der Waals surface area contributed by atoms with Crippen LogP contribution < -0.4 is 9.30 Å². The summed E-state index contributed by atoms with van der Waals surface area (Å²) in [5.74, 6) is 0.919.